The van der Waals surface area contributed by atoms with Gasteiger partial charge in [0.15, 0.2) is 17.3 Å². The Bertz CT molecular complexity index is 1180. The van der Waals surface area contributed by atoms with E-state index < -0.39 is 0 Å². The van der Waals surface area contributed by atoms with E-state index in [1.165, 1.54) is 11.1 Å². The molecule has 0 spiro atoms. The number of fused-ring (bicyclic) bond motifs is 1. The van der Waals surface area contributed by atoms with Crippen LogP contribution in [0.25, 0.3) is 0 Å². The first-order chi connectivity index (χ1) is 17.3. The van der Waals surface area contributed by atoms with Crippen molar-refractivity contribution >= 4 is 5.91 Å². The van der Waals surface area contributed by atoms with Gasteiger partial charge < -0.3 is 18.8 Å². The minimum absolute atomic E-state index is 0.0330. The Balaban J connectivity index is 1.16. The molecule has 0 saturated carbocycles. The molecular formula is C29H35N3O4. The number of hydrogen-bond acceptors (Lipinski definition) is 6. The number of carbonyl (C=O) groups is 1. The van der Waals surface area contributed by atoms with Crippen molar-refractivity contribution in [2.45, 2.75) is 45.9 Å². The second-order valence-corrected chi connectivity index (χ2v) is 10.5. The van der Waals surface area contributed by atoms with E-state index in [0.29, 0.717) is 25.4 Å². The highest BCUT2D eigenvalue weighted by atomic mass is 16.7. The SMILES string of the molecule is CC(C)(C)N(Cc1ccccc1)Cc1ccc(C(=O)N2CCN(Cc3ccc4c(c3)OCO4)CC2)o1. The second kappa shape index (κ2) is 10.4. The maximum absolute atomic E-state index is 13.1. The van der Waals surface area contributed by atoms with E-state index in [9.17, 15) is 4.79 Å². The van der Waals surface area contributed by atoms with Crippen molar-refractivity contribution in [1.82, 2.24) is 14.7 Å². The van der Waals surface area contributed by atoms with Crippen LogP contribution in [0, 0.1) is 0 Å². The molecule has 1 aromatic heterocycles. The molecule has 0 unspecified atom stereocenters. The first kappa shape index (κ1) is 24.4. The Morgan fingerprint density at radius 3 is 2.36 bits per heavy atom. The van der Waals surface area contributed by atoms with E-state index in [2.05, 4.69) is 60.9 Å². The zero-order valence-corrected chi connectivity index (χ0v) is 21.4. The number of hydrogen-bond donors (Lipinski definition) is 0. The lowest BCUT2D eigenvalue weighted by Gasteiger charge is -2.35. The van der Waals surface area contributed by atoms with Gasteiger partial charge in [-0.3, -0.25) is 14.6 Å². The number of ether oxygens (including phenoxy) is 2. The lowest BCUT2D eigenvalue weighted by atomic mass is 10.0. The van der Waals surface area contributed by atoms with Crippen LogP contribution in [-0.2, 0) is 19.6 Å². The van der Waals surface area contributed by atoms with Gasteiger partial charge in [0.1, 0.15) is 5.76 Å². The first-order valence-corrected chi connectivity index (χ1v) is 12.6. The summed E-state index contributed by atoms with van der Waals surface area (Å²) in [7, 11) is 0. The van der Waals surface area contributed by atoms with E-state index in [1.807, 2.05) is 35.2 Å². The molecule has 0 radical (unpaired) electrons. The summed E-state index contributed by atoms with van der Waals surface area (Å²) in [4.78, 5) is 19.8. The highest BCUT2D eigenvalue weighted by Gasteiger charge is 2.27. The Kier molecular flexibility index (Phi) is 7.03. The molecular weight excluding hydrogens is 454 g/mol. The molecule has 36 heavy (non-hydrogen) atoms. The smallest absolute Gasteiger partial charge is 0.289 e. The van der Waals surface area contributed by atoms with Crippen molar-refractivity contribution < 1.29 is 18.7 Å². The van der Waals surface area contributed by atoms with Gasteiger partial charge in [-0.15, -0.1) is 0 Å². The van der Waals surface area contributed by atoms with Gasteiger partial charge >= 0.3 is 0 Å². The average Bonchev–Trinajstić information content (AvgIpc) is 3.53. The molecule has 2 aliphatic heterocycles. The highest BCUT2D eigenvalue weighted by molar-refractivity contribution is 5.91. The zero-order valence-electron chi connectivity index (χ0n) is 21.4. The Labute approximate surface area is 213 Å². The quantitative estimate of drug-likeness (QED) is 0.477. The van der Waals surface area contributed by atoms with Gasteiger partial charge in [-0.05, 0) is 56.2 Å². The van der Waals surface area contributed by atoms with Crippen LogP contribution in [0.1, 0.15) is 48.2 Å². The van der Waals surface area contributed by atoms with Gasteiger partial charge in [-0.1, -0.05) is 36.4 Å². The van der Waals surface area contributed by atoms with Crippen LogP contribution in [0.5, 0.6) is 11.5 Å². The van der Waals surface area contributed by atoms with Crippen molar-refractivity contribution in [3.05, 3.63) is 83.3 Å². The van der Waals surface area contributed by atoms with E-state index in [-0.39, 0.29) is 18.2 Å². The third-order valence-corrected chi connectivity index (χ3v) is 6.89. The van der Waals surface area contributed by atoms with E-state index in [4.69, 9.17) is 13.9 Å². The van der Waals surface area contributed by atoms with E-state index in [0.717, 1.165) is 43.4 Å². The van der Waals surface area contributed by atoms with Crippen LogP contribution in [-0.4, -0.2) is 59.1 Å². The molecule has 2 aromatic carbocycles. The van der Waals surface area contributed by atoms with Gasteiger partial charge in [0.25, 0.3) is 5.91 Å². The fourth-order valence-corrected chi connectivity index (χ4v) is 4.66. The van der Waals surface area contributed by atoms with Gasteiger partial charge in [0.2, 0.25) is 6.79 Å². The molecule has 1 fully saturated rings. The maximum atomic E-state index is 13.1. The first-order valence-electron chi connectivity index (χ1n) is 12.6. The molecule has 0 atom stereocenters. The molecule has 7 nitrogen and oxygen atoms in total. The lowest BCUT2D eigenvalue weighted by molar-refractivity contribution is 0.0589. The van der Waals surface area contributed by atoms with Crippen molar-refractivity contribution in [2.24, 2.45) is 0 Å². The van der Waals surface area contributed by atoms with E-state index in [1.54, 1.807) is 0 Å². The topological polar surface area (TPSA) is 58.4 Å². The number of amides is 1. The van der Waals surface area contributed by atoms with Crippen molar-refractivity contribution in [2.75, 3.05) is 33.0 Å². The number of piperazine rings is 1. The largest absolute Gasteiger partial charge is 0.455 e. The molecule has 1 saturated heterocycles. The number of carbonyl (C=O) groups excluding carboxylic acids is 1. The standard InChI is InChI=1S/C29H35N3O4/c1-29(2,3)32(19-22-7-5-4-6-8-22)20-24-10-12-26(36-24)28(33)31-15-13-30(14-16-31)18-23-9-11-25-27(17-23)35-21-34-25/h4-12,17H,13-16,18-21H2,1-3H3. The third kappa shape index (κ3) is 5.74. The van der Waals surface area contributed by atoms with Crippen LogP contribution in [0.15, 0.2) is 65.1 Å². The Morgan fingerprint density at radius 2 is 1.61 bits per heavy atom. The number of nitrogens with zero attached hydrogens (tertiary/aromatic N) is 3. The summed E-state index contributed by atoms with van der Waals surface area (Å²) in [5, 5.41) is 0. The zero-order chi connectivity index (χ0) is 25.1. The maximum Gasteiger partial charge on any atom is 0.289 e. The summed E-state index contributed by atoms with van der Waals surface area (Å²) >= 11 is 0. The lowest BCUT2D eigenvalue weighted by Crippen LogP contribution is -2.48. The molecule has 3 heterocycles. The molecule has 190 valence electrons. The molecule has 2 aliphatic rings. The van der Waals surface area contributed by atoms with Crippen LogP contribution in [0.4, 0.5) is 0 Å². The van der Waals surface area contributed by atoms with Crippen molar-refractivity contribution in [3.8, 4) is 11.5 Å². The van der Waals surface area contributed by atoms with E-state index >= 15 is 0 Å². The average molecular weight is 490 g/mol. The summed E-state index contributed by atoms with van der Waals surface area (Å²) in [6.07, 6.45) is 0. The fraction of sp³-hybridized carbons (Fsp3) is 0.414. The molecule has 7 heteroatoms. The summed E-state index contributed by atoms with van der Waals surface area (Å²) in [6.45, 7) is 12.2. The molecule has 0 N–H and O–H groups in total. The Morgan fingerprint density at radius 1 is 0.861 bits per heavy atom. The molecule has 1 amide bonds. The summed E-state index contributed by atoms with van der Waals surface area (Å²) in [6, 6.07) is 20.3. The second-order valence-electron chi connectivity index (χ2n) is 10.5. The predicted molar refractivity (Wildman–Crippen MR) is 138 cm³/mol. The predicted octanol–water partition coefficient (Wildman–Crippen LogP) is 4.77. The van der Waals surface area contributed by atoms with Crippen LogP contribution in [0.2, 0.25) is 0 Å². The van der Waals surface area contributed by atoms with Crippen LogP contribution < -0.4 is 9.47 Å². The van der Waals surface area contributed by atoms with Crippen LogP contribution in [0.3, 0.4) is 0 Å². The van der Waals surface area contributed by atoms with Gasteiger partial charge in [-0.25, -0.2) is 0 Å². The fourth-order valence-electron chi connectivity index (χ4n) is 4.66. The van der Waals surface area contributed by atoms with Gasteiger partial charge in [0, 0.05) is 44.8 Å². The van der Waals surface area contributed by atoms with Crippen molar-refractivity contribution in [1.29, 1.82) is 0 Å². The van der Waals surface area contributed by atoms with Gasteiger partial charge in [0.05, 0.1) is 6.54 Å². The molecule has 5 rings (SSSR count). The summed E-state index contributed by atoms with van der Waals surface area (Å²) in [5.41, 5.74) is 2.41. The molecule has 3 aromatic rings. The number of rotatable bonds is 7. The summed E-state index contributed by atoms with van der Waals surface area (Å²) in [5.74, 6) is 2.81. The minimum atomic E-state index is -0.0406. The van der Waals surface area contributed by atoms with Crippen LogP contribution >= 0.6 is 0 Å². The van der Waals surface area contributed by atoms with Gasteiger partial charge in [-0.2, -0.15) is 0 Å². The highest BCUT2D eigenvalue weighted by Crippen LogP contribution is 2.33. The number of benzene rings is 2. The summed E-state index contributed by atoms with van der Waals surface area (Å²) < 4.78 is 16.9. The molecule has 0 bridgehead atoms. The molecule has 0 aliphatic carbocycles. The number of furan rings is 1. The van der Waals surface area contributed by atoms with Crippen molar-refractivity contribution in [3.63, 3.8) is 0 Å². The normalized spacial score (nSPS) is 16.1. The Hall–Kier alpha value is -3.29. The third-order valence-electron chi connectivity index (χ3n) is 6.89. The minimum Gasteiger partial charge on any atom is -0.455 e. The monoisotopic (exact) mass is 489 g/mol.